The van der Waals surface area contributed by atoms with Gasteiger partial charge in [0.25, 0.3) is 0 Å². The lowest BCUT2D eigenvalue weighted by Gasteiger charge is -2.17. The summed E-state index contributed by atoms with van der Waals surface area (Å²) in [6.07, 6.45) is 3.39. The number of rotatable bonds is 2. The molecular weight excluding hydrogens is 214 g/mol. The van der Waals surface area contributed by atoms with E-state index in [2.05, 4.69) is 30.3 Å². The molecule has 17 heavy (non-hydrogen) atoms. The van der Waals surface area contributed by atoms with Crippen molar-refractivity contribution in [2.75, 3.05) is 0 Å². The third-order valence-corrected chi connectivity index (χ3v) is 2.98. The number of benzene rings is 1. The molecule has 1 aromatic rings. The Hall–Kier alpha value is -1.64. The first-order valence-corrected chi connectivity index (χ1v) is 6.07. The molecule has 0 aliphatic heterocycles. The first kappa shape index (κ1) is 11.8. The lowest BCUT2D eigenvalue weighted by Crippen LogP contribution is -2.13. The van der Waals surface area contributed by atoms with Crippen molar-refractivity contribution < 1.29 is 9.63 Å². The van der Waals surface area contributed by atoms with Crippen molar-refractivity contribution in [3.63, 3.8) is 0 Å². The Labute approximate surface area is 101 Å². The van der Waals surface area contributed by atoms with Gasteiger partial charge in [-0.1, -0.05) is 35.8 Å². The van der Waals surface area contributed by atoms with E-state index in [0.29, 0.717) is 6.42 Å². The predicted octanol–water partition coefficient (Wildman–Crippen LogP) is 2.99. The van der Waals surface area contributed by atoms with Crippen LogP contribution in [0.3, 0.4) is 0 Å². The Morgan fingerprint density at radius 1 is 1.41 bits per heavy atom. The van der Waals surface area contributed by atoms with Gasteiger partial charge in [-0.05, 0) is 31.7 Å². The highest BCUT2D eigenvalue weighted by molar-refractivity contribution is 6.02. The zero-order chi connectivity index (χ0) is 12.3. The Kier molecular flexibility index (Phi) is 3.57. The number of oxime groups is 1. The van der Waals surface area contributed by atoms with Crippen LogP contribution in [-0.4, -0.2) is 11.7 Å². The molecule has 0 saturated heterocycles. The van der Waals surface area contributed by atoms with Gasteiger partial charge in [0, 0.05) is 12.0 Å². The van der Waals surface area contributed by atoms with Crippen molar-refractivity contribution in [3.05, 3.63) is 34.9 Å². The zero-order valence-electron chi connectivity index (χ0n) is 10.3. The number of fused-ring (bicyclic) bond motifs is 1. The normalized spacial score (nSPS) is 16.7. The highest BCUT2D eigenvalue weighted by Crippen LogP contribution is 2.23. The van der Waals surface area contributed by atoms with Crippen molar-refractivity contribution in [2.24, 2.45) is 5.16 Å². The van der Waals surface area contributed by atoms with Crippen LogP contribution in [0.4, 0.5) is 0 Å². The molecule has 0 aromatic heterocycles. The van der Waals surface area contributed by atoms with Crippen LogP contribution >= 0.6 is 0 Å². The van der Waals surface area contributed by atoms with Gasteiger partial charge in [0.2, 0.25) is 0 Å². The molecule has 1 aliphatic carbocycles. The number of nitrogens with zero attached hydrogens (tertiary/aromatic N) is 1. The Morgan fingerprint density at radius 3 is 3.00 bits per heavy atom. The monoisotopic (exact) mass is 231 g/mol. The van der Waals surface area contributed by atoms with Crippen molar-refractivity contribution in [1.82, 2.24) is 0 Å². The molecule has 0 heterocycles. The van der Waals surface area contributed by atoms with Crippen LogP contribution in [0, 0.1) is 6.92 Å². The largest absolute Gasteiger partial charge is 0.334 e. The van der Waals surface area contributed by atoms with Crippen molar-refractivity contribution in [1.29, 1.82) is 0 Å². The van der Waals surface area contributed by atoms with E-state index in [9.17, 15) is 4.79 Å². The van der Waals surface area contributed by atoms with Gasteiger partial charge < -0.3 is 4.84 Å². The molecule has 90 valence electrons. The van der Waals surface area contributed by atoms with Crippen LogP contribution in [0.2, 0.25) is 0 Å². The van der Waals surface area contributed by atoms with E-state index in [4.69, 9.17) is 4.84 Å². The molecule has 3 heteroatoms. The fourth-order valence-electron chi connectivity index (χ4n) is 2.06. The summed E-state index contributed by atoms with van der Waals surface area (Å²) < 4.78 is 0. The lowest BCUT2D eigenvalue weighted by atomic mass is 9.89. The summed E-state index contributed by atoms with van der Waals surface area (Å²) in [5, 5.41) is 3.99. The van der Waals surface area contributed by atoms with Gasteiger partial charge in [0.15, 0.2) is 0 Å². The summed E-state index contributed by atoms with van der Waals surface area (Å²) in [5.74, 6) is -0.281. The predicted molar refractivity (Wildman–Crippen MR) is 67.0 cm³/mol. The molecule has 0 spiro atoms. The minimum atomic E-state index is -0.281. The van der Waals surface area contributed by atoms with E-state index in [1.165, 1.54) is 11.1 Å². The van der Waals surface area contributed by atoms with Crippen LogP contribution in [0.25, 0.3) is 0 Å². The molecule has 0 radical (unpaired) electrons. The number of hydrogen-bond donors (Lipinski definition) is 0. The maximum atomic E-state index is 11.1. The number of hydrogen-bond acceptors (Lipinski definition) is 3. The van der Waals surface area contributed by atoms with E-state index in [1.807, 2.05) is 0 Å². The van der Waals surface area contributed by atoms with Crippen LogP contribution in [0.15, 0.2) is 23.4 Å². The third-order valence-electron chi connectivity index (χ3n) is 2.98. The molecule has 1 aliphatic rings. The quantitative estimate of drug-likeness (QED) is 0.579. The summed E-state index contributed by atoms with van der Waals surface area (Å²) in [5.41, 5.74) is 4.59. The van der Waals surface area contributed by atoms with Crippen LogP contribution in [0.1, 0.15) is 42.9 Å². The highest BCUT2D eigenvalue weighted by atomic mass is 16.7. The van der Waals surface area contributed by atoms with Gasteiger partial charge in [-0.15, -0.1) is 0 Å². The van der Waals surface area contributed by atoms with Gasteiger partial charge in [-0.3, -0.25) is 0 Å². The molecule has 0 amide bonds. The van der Waals surface area contributed by atoms with Gasteiger partial charge in [-0.25, -0.2) is 4.79 Å². The second-order valence-corrected chi connectivity index (χ2v) is 4.37. The second-order valence-electron chi connectivity index (χ2n) is 4.37. The number of carbonyl (C=O) groups is 1. The smallest absolute Gasteiger partial charge is 0.318 e. The van der Waals surface area contributed by atoms with Crippen LogP contribution < -0.4 is 0 Å². The SMILES string of the molecule is CCC(=O)O/N=C1\CCCc2cc(C)ccc21. The highest BCUT2D eigenvalue weighted by Gasteiger charge is 2.16. The number of carbonyl (C=O) groups excluding carboxylic acids is 1. The maximum absolute atomic E-state index is 11.1. The molecule has 0 bridgehead atoms. The molecule has 0 atom stereocenters. The van der Waals surface area contributed by atoms with E-state index in [1.54, 1.807) is 6.92 Å². The standard InChI is InChI=1S/C14H17NO2/c1-3-14(16)17-15-13-6-4-5-11-9-10(2)7-8-12(11)13/h7-9H,3-6H2,1-2H3/b15-13+. The third kappa shape index (κ3) is 2.73. The van der Waals surface area contributed by atoms with Crippen LogP contribution in [-0.2, 0) is 16.1 Å². The fourth-order valence-corrected chi connectivity index (χ4v) is 2.06. The summed E-state index contributed by atoms with van der Waals surface area (Å²) >= 11 is 0. The molecule has 0 unspecified atom stereocenters. The molecule has 0 saturated carbocycles. The maximum Gasteiger partial charge on any atom is 0.334 e. The van der Waals surface area contributed by atoms with E-state index >= 15 is 0 Å². The molecule has 0 N–H and O–H groups in total. The molecular formula is C14H17NO2. The van der Waals surface area contributed by atoms with Crippen molar-refractivity contribution >= 4 is 11.7 Å². The average Bonchev–Trinajstić information content (AvgIpc) is 2.35. The summed E-state index contributed by atoms with van der Waals surface area (Å²) in [7, 11) is 0. The first-order chi connectivity index (χ1) is 8.20. The minimum absolute atomic E-state index is 0.281. The van der Waals surface area contributed by atoms with E-state index in [0.717, 1.165) is 30.5 Å². The summed E-state index contributed by atoms with van der Waals surface area (Å²) in [6, 6.07) is 6.33. The Bertz CT molecular complexity index is 463. The average molecular weight is 231 g/mol. The second kappa shape index (κ2) is 5.13. The van der Waals surface area contributed by atoms with E-state index in [-0.39, 0.29) is 5.97 Å². The minimum Gasteiger partial charge on any atom is -0.318 e. The molecule has 0 fully saturated rings. The summed E-state index contributed by atoms with van der Waals surface area (Å²) in [4.78, 5) is 16.0. The van der Waals surface area contributed by atoms with Crippen molar-refractivity contribution in [3.8, 4) is 0 Å². The Morgan fingerprint density at radius 2 is 2.24 bits per heavy atom. The molecule has 3 nitrogen and oxygen atoms in total. The summed E-state index contributed by atoms with van der Waals surface area (Å²) in [6.45, 7) is 3.85. The van der Waals surface area contributed by atoms with Crippen LogP contribution in [0.5, 0.6) is 0 Å². The Balaban J connectivity index is 2.25. The van der Waals surface area contributed by atoms with Gasteiger partial charge >= 0.3 is 5.97 Å². The van der Waals surface area contributed by atoms with Gasteiger partial charge in [0.05, 0.1) is 5.71 Å². The number of aryl methyl sites for hydroxylation is 2. The molecule has 2 rings (SSSR count). The zero-order valence-corrected chi connectivity index (χ0v) is 10.3. The lowest BCUT2D eigenvalue weighted by molar-refractivity contribution is -0.143. The topological polar surface area (TPSA) is 38.7 Å². The molecule has 1 aromatic carbocycles. The van der Waals surface area contributed by atoms with Crippen molar-refractivity contribution in [2.45, 2.75) is 39.5 Å². The van der Waals surface area contributed by atoms with Gasteiger partial charge in [-0.2, -0.15) is 0 Å². The van der Waals surface area contributed by atoms with Gasteiger partial charge in [0.1, 0.15) is 0 Å². The van der Waals surface area contributed by atoms with E-state index < -0.39 is 0 Å². The fraction of sp³-hybridized carbons (Fsp3) is 0.429. The first-order valence-electron chi connectivity index (χ1n) is 6.07.